The molecule has 0 saturated carbocycles. The van der Waals surface area contributed by atoms with Gasteiger partial charge in [0.05, 0.1) is 28.1 Å². The predicted octanol–water partition coefficient (Wildman–Crippen LogP) is 4.88. The molecule has 140 valence electrons. The average molecular weight is 390 g/mol. The van der Waals surface area contributed by atoms with Crippen LogP contribution in [0, 0.1) is 6.92 Å². The summed E-state index contributed by atoms with van der Waals surface area (Å²) in [6, 6.07) is 7.74. The van der Waals surface area contributed by atoms with Gasteiger partial charge in [-0.15, -0.1) is 11.3 Å². The Morgan fingerprint density at radius 3 is 2.82 bits per heavy atom. The summed E-state index contributed by atoms with van der Waals surface area (Å²) >= 11 is 1.60. The van der Waals surface area contributed by atoms with Crippen LogP contribution in [0.25, 0.3) is 32.1 Å². The second kappa shape index (κ2) is 6.24. The Balaban J connectivity index is 1.67. The molecule has 0 aromatic carbocycles. The normalized spacial score (nSPS) is 15.6. The van der Waals surface area contributed by atoms with E-state index in [1.54, 1.807) is 23.8 Å². The molecule has 0 amide bonds. The number of pyridine rings is 2. The monoisotopic (exact) mass is 390 g/mol. The zero-order valence-corrected chi connectivity index (χ0v) is 16.6. The van der Waals surface area contributed by atoms with E-state index in [0.29, 0.717) is 18.2 Å². The van der Waals surface area contributed by atoms with E-state index in [9.17, 15) is 0 Å². The highest BCUT2D eigenvalue weighted by Gasteiger charge is 2.29. The summed E-state index contributed by atoms with van der Waals surface area (Å²) in [7, 11) is 0. The Kier molecular flexibility index (Phi) is 3.80. The number of nitrogens with zero attached hydrogens (tertiary/aromatic N) is 4. The fourth-order valence-electron chi connectivity index (χ4n) is 3.19. The highest BCUT2D eigenvalue weighted by Crippen LogP contribution is 2.38. The number of thiazole rings is 1. The molecule has 5 rings (SSSR count). The number of hydrogen-bond acceptors (Lipinski definition) is 7. The first kappa shape index (κ1) is 17.1. The first-order valence-corrected chi connectivity index (χ1v) is 9.81. The molecule has 0 radical (unpaired) electrons. The van der Waals surface area contributed by atoms with E-state index in [1.807, 2.05) is 51.2 Å². The molecule has 0 saturated heterocycles. The van der Waals surface area contributed by atoms with Crippen LogP contribution in [-0.2, 0) is 4.74 Å². The summed E-state index contributed by atoms with van der Waals surface area (Å²) in [6.07, 6.45) is 5.26. The molecule has 0 unspecified atom stereocenters. The van der Waals surface area contributed by atoms with Crippen molar-refractivity contribution < 1.29 is 9.15 Å². The van der Waals surface area contributed by atoms with Crippen LogP contribution in [0.2, 0.25) is 0 Å². The van der Waals surface area contributed by atoms with Crippen molar-refractivity contribution in [2.75, 3.05) is 6.61 Å². The van der Waals surface area contributed by atoms with E-state index in [2.05, 4.69) is 9.98 Å². The lowest BCUT2D eigenvalue weighted by Gasteiger charge is -2.07. The average Bonchev–Trinajstić information content (AvgIpc) is 3.39. The van der Waals surface area contributed by atoms with Crippen molar-refractivity contribution in [3.8, 4) is 21.1 Å². The molecule has 28 heavy (non-hydrogen) atoms. The molecule has 7 heteroatoms. The number of hydrogen-bond donors (Lipinski definition) is 0. The molecular weight excluding hydrogens is 372 g/mol. The van der Waals surface area contributed by atoms with Crippen LogP contribution in [0.4, 0.5) is 0 Å². The van der Waals surface area contributed by atoms with Gasteiger partial charge in [0.2, 0.25) is 5.90 Å². The molecule has 0 N–H and O–H groups in total. The first-order valence-electron chi connectivity index (χ1n) is 9.00. The van der Waals surface area contributed by atoms with Crippen molar-refractivity contribution in [2.24, 2.45) is 4.99 Å². The topological polar surface area (TPSA) is 73.4 Å². The van der Waals surface area contributed by atoms with Crippen LogP contribution in [-0.4, -0.2) is 33.0 Å². The third-order valence-electron chi connectivity index (χ3n) is 4.56. The van der Waals surface area contributed by atoms with Crippen molar-refractivity contribution in [1.82, 2.24) is 15.0 Å². The zero-order valence-electron chi connectivity index (χ0n) is 15.8. The summed E-state index contributed by atoms with van der Waals surface area (Å²) in [5, 5.41) is 1.87. The number of furan rings is 1. The van der Waals surface area contributed by atoms with Crippen molar-refractivity contribution >= 4 is 28.2 Å². The summed E-state index contributed by atoms with van der Waals surface area (Å²) < 4.78 is 11.5. The first-order chi connectivity index (χ1) is 13.5. The maximum atomic E-state index is 5.80. The minimum atomic E-state index is -0.247. The molecular formula is C21H18N4O2S. The molecule has 0 spiro atoms. The van der Waals surface area contributed by atoms with Gasteiger partial charge in [-0.05, 0) is 39.0 Å². The molecule has 0 atom stereocenters. The highest BCUT2D eigenvalue weighted by molar-refractivity contribution is 7.18. The van der Waals surface area contributed by atoms with E-state index in [1.165, 1.54) is 0 Å². The molecule has 1 aliphatic rings. The van der Waals surface area contributed by atoms with Gasteiger partial charge < -0.3 is 9.15 Å². The van der Waals surface area contributed by atoms with E-state index >= 15 is 0 Å². The smallest absolute Gasteiger partial charge is 0.236 e. The molecule has 0 bridgehead atoms. The van der Waals surface area contributed by atoms with Crippen LogP contribution in [0.5, 0.6) is 0 Å². The lowest BCUT2D eigenvalue weighted by Crippen LogP contribution is -2.17. The number of ether oxygens (including phenoxy) is 1. The van der Waals surface area contributed by atoms with Crippen LogP contribution >= 0.6 is 11.3 Å². The van der Waals surface area contributed by atoms with Crippen LogP contribution in [0.3, 0.4) is 0 Å². The number of rotatable bonds is 3. The zero-order chi connectivity index (χ0) is 19.3. The molecule has 4 aromatic rings. The van der Waals surface area contributed by atoms with Gasteiger partial charge in [0, 0.05) is 29.4 Å². The highest BCUT2D eigenvalue weighted by atomic mass is 32.1. The lowest BCUT2D eigenvalue weighted by molar-refractivity contribution is 0.279. The number of aryl methyl sites for hydroxylation is 1. The van der Waals surface area contributed by atoms with Crippen molar-refractivity contribution in [3.63, 3.8) is 0 Å². The standard InChI is InChI=1S/C21H18N4O2S/c1-12-18(28-20(23-12)13-5-4-7-22-10-13)17-14-6-8-26-16(14)9-15(24-17)19-25-21(2,3)11-27-19/h4-10H,11H2,1-3H3. The molecule has 0 fully saturated rings. The summed E-state index contributed by atoms with van der Waals surface area (Å²) in [5.74, 6) is 0.555. The van der Waals surface area contributed by atoms with Crippen LogP contribution < -0.4 is 0 Å². The third-order valence-corrected chi connectivity index (χ3v) is 5.77. The van der Waals surface area contributed by atoms with Gasteiger partial charge in [0.15, 0.2) is 0 Å². The van der Waals surface area contributed by atoms with E-state index in [-0.39, 0.29) is 5.54 Å². The SMILES string of the molecule is Cc1nc(-c2cccnc2)sc1-c1nc(C2=NC(C)(C)CO2)cc2occc12. The Morgan fingerprint density at radius 2 is 2.07 bits per heavy atom. The second-order valence-corrected chi connectivity index (χ2v) is 8.38. The Morgan fingerprint density at radius 1 is 1.18 bits per heavy atom. The van der Waals surface area contributed by atoms with Crippen molar-refractivity contribution in [3.05, 3.63) is 54.3 Å². The summed E-state index contributed by atoms with van der Waals surface area (Å²) in [4.78, 5) is 19.5. The van der Waals surface area contributed by atoms with E-state index < -0.39 is 0 Å². The molecule has 6 nitrogen and oxygen atoms in total. The number of fused-ring (bicyclic) bond motifs is 1. The minimum absolute atomic E-state index is 0.247. The fourth-order valence-corrected chi connectivity index (χ4v) is 4.25. The van der Waals surface area contributed by atoms with E-state index in [4.69, 9.17) is 19.1 Å². The second-order valence-electron chi connectivity index (χ2n) is 7.38. The fraction of sp³-hybridized carbons (Fsp3) is 0.238. The van der Waals surface area contributed by atoms with Gasteiger partial charge in [-0.1, -0.05) is 0 Å². The number of aliphatic imine (C=N–C) groups is 1. The molecule has 4 aromatic heterocycles. The molecule has 5 heterocycles. The maximum Gasteiger partial charge on any atom is 0.236 e. The van der Waals surface area contributed by atoms with Crippen LogP contribution in [0.1, 0.15) is 25.2 Å². The van der Waals surface area contributed by atoms with Gasteiger partial charge in [-0.25, -0.2) is 15.0 Å². The predicted molar refractivity (Wildman–Crippen MR) is 110 cm³/mol. The van der Waals surface area contributed by atoms with Crippen LogP contribution in [0.15, 0.2) is 52.3 Å². The van der Waals surface area contributed by atoms with Gasteiger partial charge in [-0.3, -0.25) is 4.98 Å². The Labute approximate surface area is 166 Å². The van der Waals surface area contributed by atoms with Gasteiger partial charge in [0.25, 0.3) is 0 Å². The number of aromatic nitrogens is 3. The Hall–Kier alpha value is -3.06. The van der Waals surface area contributed by atoms with Crippen molar-refractivity contribution in [2.45, 2.75) is 26.3 Å². The van der Waals surface area contributed by atoms with Gasteiger partial charge in [0.1, 0.15) is 22.9 Å². The maximum absolute atomic E-state index is 5.80. The lowest BCUT2D eigenvalue weighted by atomic mass is 10.1. The van der Waals surface area contributed by atoms with Gasteiger partial charge >= 0.3 is 0 Å². The third kappa shape index (κ3) is 2.88. The summed E-state index contributed by atoms with van der Waals surface area (Å²) in [6.45, 7) is 6.62. The van der Waals surface area contributed by atoms with Gasteiger partial charge in [-0.2, -0.15) is 0 Å². The molecule has 0 aliphatic carbocycles. The Bertz CT molecular complexity index is 1210. The quantitative estimate of drug-likeness (QED) is 0.499. The molecule has 1 aliphatic heterocycles. The summed E-state index contributed by atoms with van der Waals surface area (Å²) in [5.41, 5.74) is 3.94. The largest absolute Gasteiger partial charge is 0.474 e. The minimum Gasteiger partial charge on any atom is -0.474 e. The van der Waals surface area contributed by atoms with Crippen molar-refractivity contribution in [1.29, 1.82) is 0 Å². The van der Waals surface area contributed by atoms with E-state index in [0.717, 1.165) is 37.8 Å².